The number of methoxy groups -OCH3 is 1. The smallest absolute Gasteiger partial charge is 0.273 e. The quantitative estimate of drug-likeness (QED) is 0.354. The SMILES string of the molecule is COc1cc([N+](=O)[O-])ccc1-n1c(C)cc(/C=N/NC(=O)Cc2ccc(F)cc2)c1C. The van der Waals surface area contributed by atoms with Gasteiger partial charge in [-0.3, -0.25) is 14.9 Å². The van der Waals surface area contributed by atoms with Crippen molar-refractivity contribution in [3.63, 3.8) is 0 Å². The third-order valence-electron chi connectivity index (χ3n) is 4.76. The minimum Gasteiger partial charge on any atom is -0.494 e. The number of nitro benzene ring substituents is 1. The highest BCUT2D eigenvalue weighted by molar-refractivity contribution is 5.85. The molecular formula is C22H21FN4O4. The molecule has 0 saturated carbocycles. The van der Waals surface area contributed by atoms with E-state index in [1.54, 1.807) is 18.2 Å². The molecule has 160 valence electrons. The number of carbonyl (C=O) groups excluding carboxylic acids is 1. The predicted molar refractivity (Wildman–Crippen MR) is 114 cm³/mol. The van der Waals surface area contributed by atoms with E-state index in [0.717, 1.165) is 17.0 Å². The van der Waals surface area contributed by atoms with E-state index in [9.17, 15) is 19.3 Å². The number of amides is 1. The van der Waals surface area contributed by atoms with Crippen LogP contribution in [0.2, 0.25) is 0 Å². The Hall–Kier alpha value is -4.01. The number of halogens is 1. The summed E-state index contributed by atoms with van der Waals surface area (Å²) in [6, 6.07) is 12.0. The molecule has 0 bridgehead atoms. The Bertz CT molecular complexity index is 1150. The van der Waals surface area contributed by atoms with Crippen LogP contribution in [0.25, 0.3) is 5.69 Å². The van der Waals surface area contributed by atoms with Gasteiger partial charge in [0.2, 0.25) is 5.91 Å². The molecule has 1 N–H and O–H groups in total. The van der Waals surface area contributed by atoms with Crippen molar-refractivity contribution in [2.75, 3.05) is 7.11 Å². The van der Waals surface area contributed by atoms with E-state index in [0.29, 0.717) is 17.0 Å². The van der Waals surface area contributed by atoms with Gasteiger partial charge < -0.3 is 9.30 Å². The number of aromatic nitrogens is 1. The molecule has 0 unspecified atom stereocenters. The molecule has 0 aliphatic heterocycles. The number of hydrogen-bond donors (Lipinski definition) is 1. The Labute approximate surface area is 178 Å². The number of rotatable bonds is 7. The van der Waals surface area contributed by atoms with Crippen molar-refractivity contribution < 1.29 is 18.8 Å². The van der Waals surface area contributed by atoms with Gasteiger partial charge in [0.15, 0.2) is 0 Å². The van der Waals surface area contributed by atoms with Gasteiger partial charge in [-0.05, 0) is 43.7 Å². The first-order valence-electron chi connectivity index (χ1n) is 9.38. The molecule has 0 aliphatic rings. The molecule has 1 amide bonds. The first-order valence-corrected chi connectivity index (χ1v) is 9.38. The summed E-state index contributed by atoms with van der Waals surface area (Å²) in [5, 5.41) is 15.0. The minimum atomic E-state index is -0.478. The van der Waals surface area contributed by atoms with E-state index in [-0.39, 0.29) is 23.8 Å². The summed E-state index contributed by atoms with van der Waals surface area (Å²) in [6.45, 7) is 3.76. The van der Waals surface area contributed by atoms with Crippen LogP contribution in [0.15, 0.2) is 53.6 Å². The molecular weight excluding hydrogens is 403 g/mol. The first-order chi connectivity index (χ1) is 14.8. The van der Waals surface area contributed by atoms with E-state index >= 15 is 0 Å². The number of ether oxygens (including phenoxy) is 1. The van der Waals surface area contributed by atoms with E-state index in [2.05, 4.69) is 10.5 Å². The average molecular weight is 424 g/mol. The normalized spacial score (nSPS) is 11.0. The van der Waals surface area contributed by atoms with Crippen LogP contribution in [0.4, 0.5) is 10.1 Å². The third-order valence-corrected chi connectivity index (χ3v) is 4.76. The summed E-state index contributed by atoms with van der Waals surface area (Å²) in [5.41, 5.74) is 6.18. The lowest BCUT2D eigenvalue weighted by atomic mass is 10.1. The average Bonchev–Trinajstić information content (AvgIpc) is 3.02. The van der Waals surface area contributed by atoms with Crippen molar-refractivity contribution in [3.8, 4) is 11.4 Å². The monoisotopic (exact) mass is 424 g/mol. The fourth-order valence-corrected chi connectivity index (χ4v) is 3.25. The number of non-ortho nitro benzene ring substituents is 1. The van der Waals surface area contributed by atoms with Crippen LogP contribution in [0.3, 0.4) is 0 Å². The summed E-state index contributed by atoms with van der Waals surface area (Å²) in [5.74, 6) is -0.317. The fraction of sp³-hybridized carbons (Fsp3) is 0.182. The fourth-order valence-electron chi connectivity index (χ4n) is 3.25. The zero-order valence-corrected chi connectivity index (χ0v) is 17.3. The molecule has 0 aliphatic carbocycles. The van der Waals surface area contributed by atoms with Gasteiger partial charge in [-0.25, -0.2) is 9.82 Å². The number of aryl methyl sites for hydroxylation is 1. The van der Waals surface area contributed by atoms with Crippen molar-refractivity contribution in [2.24, 2.45) is 5.10 Å². The highest BCUT2D eigenvalue weighted by atomic mass is 19.1. The summed E-state index contributed by atoms with van der Waals surface area (Å²) in [7, 11) is 1.45. The zero-order chi connectivity index (χ0) is 22.5. The Morgan fingerprint density at radius 2 is 1.94 bits per heavy atom. The van der Waals surface area contributed by atoms with Crippen LogP contribution < -0.4 is 10.2 Å². The molecule has 0 atom stereocenters. The molecule has 0 radical (unpaired) electrons. The molecule has 3 aromatic rings. The number of nitro groups is 1. The van der Waals surface area contributed by atoms with Gasteiger partial charge in [0, 0.05) is 23.0 Å². The maximum atomic E-state index is 12.9. The summed E-state index contributed by atoms with van der Waals surface area (Å²) >= 11 is 0. The van der Waals surface area contributed by atoms with Gasteiger partial charge >= 0.3 is 0 Å². The third kappa shape index (κ3) is 4.95. The van der Waals surface area contributed by atoms with Crippen LogP contribution in [-0.4, -0.2) is 28.7 Å². The second-order valence-corrected chi connectivity index (χ2v) is 6.87. The molecule has 0 saturated heterocycles. The maximum absolute atomic E-state index is 12.9. The Morgan fingerprint density at radius 1 is 1.23 bits per heavy atom. The van der Waals surface area contributed by atoms with Gasteiger partial charge in [-0.15, -0.1) is 0 Å². The molecule has 9 heteroatoms. The number of nitrogens with one attached hydrogen (secondary N) is 1. The van der Waals surface area contributed by atoms with Gasteiger partial charge in [0.1, 0.15) is 11.6 Å². The summed E-state index contributed by atoms with van der Waals surface area (Å²) in [4.78, 5) is 22.6. The van der Waals surface area contributed by atoms with Crippen LogP contribution in [0.5, 0.6) is 5.75 Å². The van der Waals surface area contributed by atoms with Crippen molar-refractivity contribution in [2.45, 2.75) is 20.3 Å². The molecule has 3 rings (SSSR count). The minimum absolute atomic E-state index is 0.0614. The van der Waals surface area contributed by atoms with Gasteiger partial charge in [0.25, 0.3) is 5.69 Å². The lowest BCUT2D eigenvalue weighted by Crippen LogP contribution is -2.19. The van der Waals surface area contributed by atoms with E-state index in [1.165, 1.54) is 37.6 Å². The standard InChI is InChI=1S/C22H21FN4O4/c1-14-10-17(13-24-25-22(28)11-16-4-6-18(23)7-5-16)15(2)26(14)20-9-8-19(27(29)30)12-21(20)31-3/h4-10,12-13H,11H2,1-3H3,(H,25,28)/b24-13+. The van der Waals surface area contributed by atoms with Gasteiger partial charge in [0.05, 0.1) is 36.4 Å². The highest BCUT2D eigenvalue weighted by Crippen LogP contribution is 2.31. The second-order valence-electron chi connectivity index (χ2n) is 6.87. The van der Waals surface area contributed by atoms with Gasteiger partial charge in [-0.2, -0.15) is 5.10 Å². The number of carbonyl (C=O) groups is 1. The topological polar surface area (TPSA) is 98.8 Å². The molecule has 1 heterocycles. The number of benzene rings is 2. The second kappa shape index (κ2) is 9.21. The number of hydrogen-bond acceptors (Lipinski definition) is 5. The van der Waals surface area contributed by atoms with Crippen LogP contribution in [-0.2, 0) is 11.2 Å². The van der Waals surface area contributed by atoms with Gasteiger partial charge in [-0.1, -0.05) is 12.1 Å². The zero-order valence-electron chi connectivity index (χ0n) is 17.3. The molecule has 2 aromatic carbocycles. The number of nitrogens with zero attached hydrogens (tertiary/aromatic N) is 3. The van der Waals surface area contributed by atoms with E-state index in [4.69, 9.17) is 4.74 Å². The largest absolute Gasteiger partial charge is 0.494 e. The molecule has 8 nitrogen and oxygen atoms in total. The lowest BCUT2D eigenvalue weighted by Gasteiger charge is -2.13. The Kier molecular flexibility index (Phi) is 6.44. The van der Waals surface area contributed by atoms with E-state index in [1.807, 2.05) is 24.5 Å². The van der Waals surface area contributed by atoms with Crippen molar-refractivity contribution in [1.82, 2.24) is 9.99 Å². The first kappa shape index (κ1) is 21.7. The van der Waals surface area contributed by atoms with Crippen LogP contribution in [0, 0.1) is 29.8 Å². The van der Waals surface area contributed by atoms with Crippen molar-refractivity contribution in [3.05, 3.63) is 87.0 Å². The van der Waals surface area contributed by atoms with E-state index < -0.39 is 4.92 Å². The molecule has 1 aromatic heterocycles. The Morgan fingerprint density at radius 3 is 2.58 bits per heavy atom. The lowest BCUT2D eigenvalue weighted by molar-refractivity contribution is -0.384. The maximum Gasteiger partial charge on any atom is 0.273 e. The van der Waals surface area contributed by atoms with Crippen LogP contribution in [0.1, 0.15) is 22.5 Å². The van der Waals surface area contributed by atoms with Crippen molar-refractivity contribution in [1.29, 1.82) is 0 Å². The number of hydrazone groups is 1. The van der Waals surface area contributed by atoms with Crippen molar-refractivity contribution >= 4 is 17.8 Å². The van der Waals surface area contributed by atoms with Crippen LogP contribution >= 0.6 is 0 Å². The predicted octanol–water partition coefficient (Wildman–Crippen LogP) is 3.84. The molecule has 0 fully saturated rings. The molecule has 0 spiro atoms. The summed E-state index contributed by atoms with van der Waals surface area (Å²) < 4.78 is 20.2. The summed E-state index contributed by atoms with van der Waals surface area (Å²) in [6.07, 6.45) is 1.61. The molecule has 31 heavy (non-hydrogen) atoms. The Balaban J connectivity index is 1.78. The highest BCUT2D eigenvalue weighted by Gasteiger charge is 2.17.